The number of aryl methyl sites for hydroxylation is 2. The molecule has 1 aromatic heterocycles. The molecular weight excluding hydrogens is 222 g/mol. The minimum atomic E-state index is -0.00907. The van der Waals surface area contributed by atoms with Gasteiger partial charge in [0, 0.05) is 18.3 Å². The number of aliphatic hydroxyl groups excluding tert-OH is 1. The first kappa shape index (κ1) is 13.5. The summed E-state index contributed by atoms with van der Waals surface area (Å²) >= 11 is 1.60. The molecule has 2 atom stereocenters. The van der Waals surface area contributed by atoms with Gasteiger partial charge in [-0.1, -0.05) is 25.6 Å². The first-order valence-corrected chi connectivity index (χ1v) is 6.37. The van der Waals surface area contributed by atoms with Gasteiger partial charge in [-0.15, -0.1) is 0 Å². The summed E-state index contributed by atoms with van der Waals surface area (Å²) in [5, 5.41) is 14.7. The van der Waals surface area contributed by atoms with E-state index in [1.54, 1.807) is 11.8 Å². The van der Waals surface area contributed by atoms with Crippen molar-refractivity contribution in [1.82, 2.24) is 9.78 Å². The molecule has 0 saturated carbocycles. The topological polar surface area (TPSA) is 64.1 Å². The van der Waals surface area contributed by atoms with E-state index in [1.165, 1.54) is 0 Å². The standard InChI is InChI=1S/C11H21N3OS/c1-7(2)11(12)9(6-15)16-10-5-8(3)13-14(10)4/h5,7,9,11,15H,6,12H2,1-4H3. The Morgan fingerprint density at radius 3 is 2.56 bits per heavy atom. The largest absolute Gasteiger partial charge is 0.395 e. The normalized spacial score (nSPS) is 15.4. The fraction of sp³-hybridized carbons (Fsp3) is 0.727. The first-order valence-electron chi connectivity index (χ1n) is 5.49. The molecule has 4 nitrogen and oxygen atoms in total. The molecule has 5 heteroatoms. The van der Waals surface area contributed by atoms with E-state index in [1.807, 2.05) is 24.7 Å². The highest BCUT2D eigenvalue weighted by Crippen LogP contribution is 2.27. The lowest BCUT2D eigenvalue weighted by atomic mass is 10.0. The Bertz CT molecular complexity index is 338. The van der Waals surface area contributed by atoms with Crippen LogP contribution >= 0.6 is 11.8 Å². The quantitative estimate of drug-likeness (QED) is 0.762. The van der Waals surface area contributed by atoms with E-state index in [4.69, 9.17) is 5.73 Å². The molecule has 2 unspecified atom stereocenters. The van der Waals surface area contributed by atoms with Crippen LogP contribution in [0.5, 0.6) is 0 Å². The molecule has 0 spiro atoms. The molecule has 0 bridgehead atoms. The van der Waals surface area contributed by atoms with Crippen LogP contribution < -0.4 is 5.73 Å². The van der Waals surface area contributed by atoms with Crippen LogP contribution in [0.2, 0.25) is 0 Å². The van der Waals surface area contributed by atoms with Gasteiger partial charge < -0.3 is 10.8 Å². The molecule has 16 heavy (non-hydrogen) atoms. The number of aromatic nitrogens is 2. The fourth-order valence-electron chi connectivity index (χ4n) is 1.52. The van der Waals surface area contributed by atoms with E-state index in [0.29, 0.717) is 5.92 Å². The van der Waals surface area contributed by atoms with Crippen LogP contribution in [0.1, 0.15) is 19.5 Å². The van der Waals surface area contributed by atoms with Crippen LogP contribution in [0.25, 0.3) is 0 Å². The summed E-state index contributed by atoms with van der Waals surface area (Å²) in [6.07, 6.45) is 0. The molecule has 92 valence electrons. The highest BCUT2D eigenvalue weighted by molar-refractivity contribution is 8.00. The maximum Gasteiger partial charge on any atom is 0.0943 e. The third-order valence-electron chi connectivity index (χ3n) is 2.61. The molecule has 3 N–H and O–H groups in total. The molecule has 0 amide bonds. The smallest absolute Gasteiger partial charge is 0.0943 e. The van der Waals surface area contributed by atoms with Crippen LogP contribution in [0.3, 0.4) is 0 Å². The van der Waals surface area contributed by atoms with E-state index < -0.39 is 0 Å². The van der Waals surface area contributed by atoms with Crippen LogP contribution in [-0.4, -0.2) is 32.8 Å². The predicted molar refractivity (Wildman–Crippen MR) is 67.5 cm³/mol. The van der Waals surface area contributed by atoms with Gasteiger partial charge in [0.25, 0.3) is 0 Å². The van der Waals surface area contributed by atoms with E-state index in [-0.39, 0.29) is 17.9 Å². The minimum absolute atomic E-state index is 0.00907. The summed E-state index contributed by atoms with van der Waals surface area (Å²) in [6.45, 7) is 6.19. The molecular formula is C11H21N3OS. The zero-order chi connectivity index (χ0) is 12.3. The number of thioether (sulfide) groups is 1. The van der Waals surface area contributed by atoms with Crippen molar-refractivity contribution in [1.29, 1.82) is 0 Å². The minimum Gasteiger partial charge on any atom is -0.395 e. The van der Waals surface area contributed by atoms with Gasteiger partial charge in [-0.3, -0.25) is 4.68 Å². The van der Waals surface area contributed by atoms with Crippen molar-refractivity contribution in [2.75, 3.05) is 6.61 Å². The summed E-state index contributed by atoms with van der Waals surface area (Å²) in [5.41, 5.74) is 7.05. The number of nitrogens with two attached hydrogens (primary N) is 1. The van der Waals surface area contributed by atoms with Crippen LogP contribution in [0, 0.1) is 12.8 Å². The van der Waals surface area contributed by atoms with Crippen LogP contribution in [0.4, 0.5) is 0 Å². The summed E-state index contributed by atoms with van der Waals surface area (Å²) in [6, 6.07) is 2.01. The molecule has 1 aromatic rings. The van der Waals surface area contributed by atoms with E-state index >= 15 is 0 Å². The van der Waals surface area contributed by atoms with Gasteiger partial charge in [-0.05, 0) is 18.9 Å². The van der Waals surface area contributed by atoms with Crippen molar-refractivity contribution in [3.8, 4) is 0 Å². The number of nitrogens with zero attached hydrogens (tertiary/aromatic N) is 2. The Kier molecular flexibility index (Phi) is 4.83. The molecule has 0 aromatic carbocycles. The Balaban J connectivity index is 2.73. The highest BCUT2D eigenvalue weighted by Gasteiger charge is 2.22. The van der Waals surface area contributed by atoms with E-state index in [2.05, 4.69) is 18.9 Å². The molecule has 0 saturated heterocycles. The van der Waals surface area contributed by atoms with Crippen molar-refractivity contribution in [2.45, 2.75) is 37.1 Å². The maximum absolute atomic E-state index is 9.37. The van der Waals surface area contributed by atoms with Gasteiger partial charge in [0.15, 0.2) is 0 Å². The van der Waals surface area contributed by atoms with E-state index in [9.17, 15) is 5.11 Å². The van der Waals surface area contributed by atoms with Gasteiger partial charge in [-0.2, -0.15) is 5.10 Å². The molecule has 1 rings (SSSR count). The number of hydrogen-bond acceptors (Lipinski definition) is 4. The lowest BCUT2D eigenvalue weighted by molar-refractivity contribution is 0.269. The molecule has 1 heterocycles. The van der Waals surface area contributed by atoms with Gasteiger partial charge in [0.05, 0.1) is 17.3 Å². The number of hydrogen-bond donors (Lipinski definition) is 2. The van der Waals surface area contributed by atoms with Gasteiger partial charge >= 0.3 is 0 Å². The molecule has 0 aliphatic heterocycles. The fourth-order valence-corrected chi connectivity index (χ4v) is 2.81. The highest BCUT2D eigenvalue weighted by atomic mass is 32.2. The van der Waals surface area contributed by atoms with Gasteiger partial charge in [-0.25, -0.2) is 0 Å². The number of aliphatic hydroxyl groups is 1. The molecule has 0 fully saturated rings. The summed E-state index contributed by atoms with van der Waals surface area (Å²) in [7, 11) is 1.91. The van der Waals surface area contributed by atoms with Crippen LogP contribution in [0.15, 0.2) is 11.1 Å². The molecule has 0 aliphatic rings. The Hall–Kier alpha value is -0.520. The van der Waals surface area contributed by atoms with Gasteiger partial charge in [0.1, 0.15) is 0 Å². The summed E-state index contributed by atoms with van der Waals surface area (Å²) < 4.78 is 1.83. The van der Waals surface area contributed by atoms with Crippen molar-refractivity contribution in [3.05, 3.63) is 11.8 Å². The lowest BCUT2D eigenvalue weighted by Crippen LogP contribution is -2.39. The second-order valence-electron chi connectivity index (χ2n) is 4.41. The third-order valence-corrected chi connectivity index (χ3v) is 4.00. The Morgan fingerprint density at radius 1 is 1.56 bits per heavy atom. The van der Waals surface area contributed by atoms with Crippen molar-refractivity contribution in [2.24, 2.45) is 18.7 Å². The summed E-state index contributed by atoms with van der Waals surface area (Å²) in [5.74, 6) is 0.360. The predicted octanol–water partition coefficient (Wildman–Crippen LogP) is 1.16. The second kappa shape index (κ2) is 5.70. The van der Waals surface area contributed by atoms with Gasteiger partial charge in [0.2, 0.25) is 0 Å². The van der Waals surface area contributed by atoms with E-state index in [0.717, 1.165) is 10.7 Å². The summed E-state index contributed by atoms with van der Waals surface area (Å²) in [4.78, 5) is 0. The zero-order valence-corrected chi connectivity index (χ0v) is 11.2. The Labute approximate surface area is 101 Å². The second-order valence-corrected chi connectivity index (χ2v) is 5.67. The Morgan fingerprint density at radius 2 is 2.19 bits per heavy atom. The van der Waals surface area contributed by atoms with Crippen molar-refractivity contribution >= 4 is 11.8 Å². The number of rotatable bonds is 5. The maximum atomic E-state index is 9.37. The monoisotopic (exact) mass is 243 g/mol. The zero-order valence-electron chi connectivity index (χ0n) is 10.3. The van der Waals surface area contributed by atoms with Crippen LogP contribution in [-0.2, 0) is 7.05 Å². The average Bonchev–Trinajstić information content (AvgIpc) is 2.52. The van der Waals surface area contributed by atoms with Crippen molar-refractivity contribution in [3.63, 3.8) is 0 Å². The van der Waals surface area contributed by atoms with Crippen molar-refractivity contribution < 1.29 is 5.11 Å². The first-order chi connectivity index (χ1) is 7.45. The molecule has 0 radical (unpaired) electrons. The lowest BCUT2D eigenvalue weighted by Gasteiger charge is -2.24. The molecule has 0 aliphatic carbocycles. The average molecular weight is 243 g/mol. The third kappa shape index (κ3) is 3.23. The SMILES string of the molecule is Cc1cc(SC(CO)C(N)C(C)C)n(C)n1.